The van der Waals surface area contributed by atoms with Crippen molar-refractivity contribution in [3.63, 3.8) is 0 Å². The molecule has 4 aromatic rings. The normalized spacial score (nSPS) is 16.6. The van der Waals surface area contributed by atoms with Gasteiger partial charge in [-0.25, -0.2) is 0 Å². The summed E-state index contributed by atoms with van der Waals surface area (Å²) in [5.74, 6) is -0.290. The summed E-state index contributed by atoms with van der Waals surface area (Å²) in [6.45, 7) is 2.64. The van der Waals surface area contributed by atoms with Crippen molar-refractivity contribution in [3.8, 4) is 11.5 Å². The average molecular weight is 511 g/mol. The monoisotopic (exact) mass is 510 g/mol. The topological polar surface area (TPSA) is 102 Å². The van der Waals surface area contributed by atoms with Crippen LogP contribution in [0.25, 0.3) is 5.76 Å². The molecule has 1 saturated heterocycles. The first kappa shape index (κ1) is 24.8. The molecule has 2 aromatic heterocycles. The molecular formula is C30H26N2O6. The number of rotatable bonds is 9. The van der Waals surface area contributed by atoms with Crippen LogP contribution >= 0.6 is 0 Å². The third-order valence-corrected chi connectivity index (χ3v) is 6.22. The minimum atomic E-state index is -0.879. The molecule has 1 fully saturated rings. The van der Waals surface area contributed by atoms with E-state index in [-0.39, 0.29) is 17.9 Å². The third-order valence-electron chi connectivity index (χ3n) is 6.22. The molecule has 1 aliphatic heterocycles. The van der Waals surface area contributed by atoms with Gasteiger partial charge in [-0.2, -0.15) is 0 Å². The fourth-order valence-corrected chi connectivity index (χ4v) is 4.44. The number of hydrogen-bond donors (Lipinski definition) is 1. The quantitative estimate of drug-likeness (QED) is 0.186. The lowest BCUT2D eigenvalue weighted by Crippen LogP contribution is -2.29. The summed E-state index contributed by atoms with van der Waals surface area (Å²) in [4.78, 5) is 31.9. The van der Waals surface area contributed by atoms with Gasteiger partial charge in [0.15, 0.2) is 11.5 Å². The number of aliphatic hydroxyl groups excluding tert-OH is 1. The Morgan fingerprint density at radius 1 is 0.974 bits per heavy atom. The van der Waals surface area contributed by atoms with Crippen molar-refractivity contribution >= 4 is 17.4 Å². The molecule has 1 N–H and O–H groups in total. The Labute approximate surface area is 219 Å². The number of carbonyl (C=O) groups excluding carboxylic acids is 2. The highest BCUT2D eigenvalue weighted by Crippen LogP contribution is 2.42. The molecule has 0 spiro atoms. The van der Waals surface area contributed by atoms with Gasteiger partial charge in [0.25, 0.3) is 11.7 Å². The molecule has 0 aliphatic carbocycles. The Morgan fingerprint density at radius 3 is 2.47 bits per heavy atom. The molecule has 0 bridgehead atoms. The number of likely N-dealkylation sites (tertiary alicyclic amines) is 1. The Bertz CT molecular complexity index is 1450. The number of ether oxygens (including phenoxy) is 2. The molecule has 1 atom stereocenters. The van der Waals surface area contributed by atoms with E-state index in [0.29, 0.717) is 41.6 Å². The molecule has 192 valence electrons. The van der Waals surface area contributed by atoms with E-state index in [2.05, 4.69) is 4.98 Å². The van der Waals surface area contributed by atoms with Gasteiger partial charge in [0.05, 0.1) is 31.0 Å². The summed E-state index contributed by atoms with van der Waals surface area (Å²) in [5, 5.41) is 11.2. The van der Waals surface area contributed by atoms with Crippen molar-refractivity contribution in [2.24, 2.45) is 0 Å². The number of pyridine rings is 1. The molecule has 5 rings (SSSR count). The molecule has 0 saturated carbocycles. The number of Topliss-reactive ketones (excluding diaryl/α,β-unsaturated/α-hetero) is 1. The SMILES string of the molecule is CCOc1cc(C2C(=C(O)c3ccncc3)C(=O)C(=O)N2Cc2ccco2)ccc1OCc1ccccc1. The van der Waals surface area contributed by atoms with Gasteiger partial charge in [-0.05, 0) is 54.4 Å². The van der Waals surface area contributed by atoms with Crippen molar-refractivity contribution in [1.29, 1.82) is 0 Å². The van der Waals surface area contributed by atoms with Crippen LogP contribution in [0.5, 0.6) is 11.5 Å². The number of amides is 1. The van der Waals surface area contributed by atoms with Crippen LogP contribution in [0.1, 0.15) is 35.4 Å². The molecule has 3 heterocycles. The van der Waals surface area contributed by atoms with E-state index >= 15 is 0 Å². The van der Waals surface area contributed by atoms with Gasteiger partial charge in [0.2, 0.25) is 0 Å². The molecule has 1 unspecified atom stereocenters. The van der Waals surface area contributed by atoms with Crippen LogP contribution in [0.2, 0.25) is 0 Å². The van der Waals surface area contributed by atoms with Crippen molar-refractivity contribution < 1.29 is 28.6 Å². The fourth-order valence-electron chi connectivity index (χ4n) is 4.44. The lowest BCUT2D eigenvalue weighted by molar-refractivity contribution is -0.140. The van der Waals surface area contributed by atoms with Crippen molar-refractivity contribution in [1.82, 2.24) is 9.88 Å². The second kappa shape index (κ2) is 11.0. The number of aromatic nitrogens is 1. The number of ketones is 1. The standard InChI is InChI=1S/C30H26N2O6/c1-2-36-25-17-22(10-11-24(25)38-19-20-7-4-3-5-8-20)27-26(28(33)21-12-14-31-15-13-21)29(34)30(35)32(27)18-23-9-6-16-37-23/h3-17,27,33H,2,18-19H2,1H3. The second-order valence-electron chi connectivity index (χ2n) is 8.66. The predicted octanol–water partition coefficient (Wildman–Crippen LogP) is 5.27. The Hall–Kier alpha value is -4.85. The second-order valence-corrected chi connectivity index (χ2v) is 8.66. The molecule has 1 amide bonds. The highest BCUT2D eigenvalue weighted by molar-refractivity contribution is 6.46. The number of aliphatic hydroxyl groups is 1. The van der Waals surface area contributed by atoms with Crippen LogP contribution in [-0.2, 0) is 22.7 Å². The van der Waals surface area contributed by atoms with Gasteiger partial charge in [-0.15, -0.1) is 0 Å². The van der Waals surface area contributed by atoms with Crippen molar-refractivity contribution in [2.75, 3.05) is 6.61 Å². The number of furan rings is 1. The zero-order chi connectivity index (χ0) is 26.5. The van der Waals surface area contributed by atoms with Gasteiger partial charge in [0, 0.05) is 18.0 Å². The lowest BCUT2D eigenvalue weighted by atomic mass is 9.95. The Morgan fingerprint density at radius 2 is 1.76 bits per heavy atom. The molecule has 8 nitrogen and oxygen atoms in total. The summed E-state index contributed by atoms with van der Waals surface area (Å²) in [6, 6.07) is 20.8. The summed E-state index contributed by atoms with van der Waals surface area (Å²) in [5.41, 5.74) is 1.95. The van der Waals surface area contributed by atoms with Gasteiger partial charge >= 0.3 is 0 Å². The summed E-state index contributed by atoms with van der Waals surface area (Å²) in [7, 11) is 0. The molecule has 2 aromatic carbocycles. The van der Waals surface area contributed by atoms with E-state index in [1.54, 1.807) is 42.5 Å². The van der Waals surface area contributed by atoms with E-state index < -0.39 is 17.7 Å². The maximum Gasteiger partial charge on any atom is 0.296 e. The smallest absolute Gasteiger partial charge is 0.296 e. The van der Waals surface area contributed by atoms with E-state index in [1.807, 2.05) is 37.3 Å². The minimum Gasteiger partial charge on any atom is -0.507 e. The van der Waals surface area contributed by atoms with Gasteiger partial charge in [0.1, 0.15) is 18.1 Å². The predicted molar refractivity (Wildman–Crippen MR) is 139 cm³/mol. The highest BCUT2D eigenvalue weighted by Gasteiger charge is 2.46. The van der Waals surface area contributed by atoms with E-state index in [4.69, 9.17) is 13.9 Å². The maximum atomic E-state index is 13.3. The van der Waals surface area contributed by atoms with Crippen LogP contribution in [0.4, 0.5) is 0 Å². The first-order valence-electron chi connectivity index (χ1n) is 12.2. The van der Waals surface area contributed by atoms with Crippen LogP contribution in [0.3, 0.4) is 0 Å². The zero-order valence-electron chi connectivity index (χ0n) is 20.7. The average Bonchev–Trinajstić information content (AvgIpc) is 3.55. The molecule has 1 aliphatic rings. The Balaban J connectivity index is 1.57. The van der Waals surface area contributed by atoms with Crippen LogP contribution in [0, 0.1) is 0 Å². The largest absolute Gasteiger partial charge is 0.507 e. The molecule has 8 heteroatoms. The maximum absolute atomic E-state index is 13.3. The highest BCUT2D eigenvalue weighted by atomic mass is 16.5. The van der Waals surface area contributed by atoms with E-state index in [9.17, 15) is 14.7 Å². The first-order chi connectivity index (χ1) is 18.6. The van der Waals surface area contributed by atoms with E-state index in [0.717, 1.165) is 5.56 Å². The van der Waals surface area contributed by atoms with Crippen LogP contribution in [-0.4, -0.2) is 33.3 Å². The summed E-state index contributed by atoms with van der Waals surface area (Å²) in [6.07, 6.45) is 4.52. The molecular weight excluding hydrogens is 484 g/mol. The third kappa shape index (κ3) is 5.01. The lowest BCUT2D eigenvalue weighted by Gasteiger charge is -2.25. The number of nitrogens with zero attached hydrogens (tertiary/aromatic N) is 2. The zero-order valence-corrected chi connectivity index (χ0v) is 20.7. The van der Waals surface area contributed by atoms with Crippen molar-refractivity contribution in [2.45, 2.75) is 26.1 Å². The van der Waals surface area contributed by atoms with Crippen molar-refractivity contribution in [3.05, 3.63) is 119 Å². The van der Waals surface area contributed by atoms with Gasteiger partial charge in [-0.1, -0.05) is 36.4 Å². The minimum absolute atomic E-state index is 0.0202. The number of hydrogen-bond acceptors (Lipinski definition) is 7. The van der Waals surface area contributed by atoms with Gasteiger partial charge < -0.3 is 23.9 Å². The van der Waals surface area contributed by atoms with Gasteiger partial charge in [-0.3, -0.25) is 14.6 Å². The molecule has 38 heavy (non-hydrogen) atoms. The fraction of sp³-hybridized carbons (Fsp3) is 0.167. The van der Waals surface area contributed by atoms with Crippen LogP contribution < -0.4 is 9.47 Å². The number of benzene rings is 2. The van der Waals surface area contributed by atoms with E-state index in [1.165, 1.54) is 23.6 Å². The Kier molecular flexibility index (Phi) is 7.21. The number of carbonyl (C=O) groups is 2. The summed E-state index contributed by atoms with van der Waals surface area (Å²) >= 11 is 0. The summed E-state index contributed by atoms with van der Waals surface area (Å²) < 4.78 is 17.4. The molecule has 0 radical (unpaired) electrons. The first-order valence-corrected chi connectivity index (χ1v) is 12.2. The van der Waals surface area contributed by atoms with Crippen LogP contribution in [0.15, 0.2) is 101 Å².